The van der Waals surface area contributed by atoms with Crippen LogP contribution in [0.4, 0.5) is 15.8 Å². The van der Waals surface area contributed by atoms with Gasteiger partial charge in [0.25, 0.3) is 11.8 Å². The molecule has 0 radical (unpaired) electrons. The van der Waals surface area contributed by atoms with Gasteiger partial charge < -0.3 is 10.2 Å². The minimum atomic E-state index is -0.440. The van der Waals surface area contributed by atoms with E-state index < -0.39 is 11.7 Å². The van der Waals surface area contributed by atoms with Gasteiger partial charge in [-0.3, -0.25) is 14.6 Å². The Balaban J connectivity index is 1.58. The van der Waals surface area contributed by atoms with Gasteiger partial charge in [-0.05, 0) is 55.3 Å². The summed E-state index contributed by atoms with van der Waals surface area (Å²) in [6, 6.07) is 16.4. The molecule has 1 atom stereocenters. The lowest BCUT2D eigenvalue weighted by Gasteiger charge is -2.22. The Morgan fingerprint density at radius 1 is 1.11 bits per heavy atom. The molecule has 0 aliphatic carbocycles. The third-order valence-electron chi connectivity index (χ3n) is 4.75. The Labute approximate surface area is 161 Å². The number of hydrogen-bond donors (Lipinski definition) is 1. The maximum atomic E-state index is 13.3. The number of anilines is 2. The van der Waals surface area contributed by atoms with Crippen molar-refractivity contribution in [3.8, 4) is 0 Å². The normalized spacial score (nSPS) is 15.2. The highest BCUT2D eigenvalue weighted by Crippen LogP contribution is 2.32. The van der Waals surface area contributed by atoms with E-state index >= 15 is 0 Å². The number of rotatable bonds is 3. The van der Waals surface area contributed by atoms with Crippen LogP contribution in [-0.2, 0) is 6.42 Å². The number of nitrogens with zero attached hydrogens (tertiary/aromatic N) is 2. The molecule has 140 valence electrons. The molecular formula is C22H18FN3O2. The van der Waals surface area contributed by atoms with Crippen LogP contribution in [0.25, 0.3) is 0 Å². The summed E-state index contributed by atoms with van der Waals surface area (Å²) >= 11 is 0. The number of fused-ring (bicyclic) bond motifs is 1. The molecule has 0 spiro atoms. The second-order valence-corrected chi connectivity index (χ2v) is 6.75. The SMILES string of the molecule is CC1Cc2ccccc2N1C(=O)c1cc(C(=O)Nc2cccc(F)c2)ccn1. The van der Waals surface area contributed by atoms with E-state index in [-0.39, 0.29) is 23.2 Å². The second kappa shape index (κ2) is 7.23. The molecule has 1 unspecified atom stereocenters. The molecule has 0 fully saturated rings. The largest absolute Gasteiger partial charge is 0.322 e. The molecule has 0 saturated carbocycles. The second-order valence-electron chi connectivity index (χ2n) is 6.75. The molecule has 0 saturated heterocycles. The average molecular weight is 375 g/mol. The first-order chi connectivity index (χ1) is 13.5. The fourth-order valence-electron chi connectivity index (χ4n) is 3.46. The smallest absolute Gasteiger partial charge is 0.277 e. The van der Waals surface area contributed by atoms with Gasteiger partial charge in [0.1, 0.15) is 11.5 Å². The van der Waals surface area contributed by atoms with Crippen molar-refractivity contribution in [2.75, 3.05) is 10.2 Å². The minimum Gasteiger partial charge on any atom is -0.322 e. The Kier molecular flexibility index (Phi) is 4.61. The Bertz CT molecular complexity index is 1070. The summed E-state index contributed by atoms with van der Waals surface area (Å²) in [6.07, 6.45) is 2.21. The lowest BCUT2D eigenvalue weighted by Crippen LogP contribution is -2.36. The molecule has 1 aliphatic rings. The summed E-state index contributed by atoms with van der Waals surface area (Å²) in [5, 5.41) is 2.63. The lowest BCUT2D eigenvalue weighted by atomic mass is 10.1. The van der Waals surface area contributed by atoms with E-state index in [4.69, 9.17) is 0 Å². The van der Waals surface area contributed by atoms with Gasteiger partial charge in [0.05, 0.1) is 0 Å². The summed E-state index contributed by atoms with van der Waals surface area (Å²) in [6.45, 7) is 1.98. The van der Waals surface area contributed by atoms with Gasteiger partial charge in [-0.1, -0.05) is 24.3 Å². The maximum absolute atomic E-state index is 13.3. The van der Waals surface area contributed by atoms with E-state index in [1.54, 1.807) is 11.0 Å². The van der Waals surface area contributed by atoms with Crippen LogP contribution in [0.3, 0.4) is 0 Å². The zero-order valence-corrected chi connectivity index (χ0v) is 15.2. The van der Waals surface area contributed by atoms with Gasteiger partial charge >= 0.3 is 0 Å². The van der Waals surface area contributed by atoms with Gasteiger partial charge in [0.15, 0.2) is 0 Å². The molecule has 1 aromatic heterocycles. The number of carbonyl (C=O) groups is 2. The van der Waals surface area contributed by atoms with Crippen LogP contribution in [0, 0.1) is 5.82 Å². The van der Waals surface area contributed by atoms with E-state index in [0.717, 1.165) is 17.7 Å². The number of pyridine rings is 1. The predicted octanol–water partition coefficient (Wildman–Crippen LogP) is 4.06. The quantitative estimate of drug-likeness (QED) is 0.751. The topological polar surface area (TPSA) is 62.3 Å². The molecule has 1 N–H and O–H groups in total. The fourth-order valence-corrected chi connectivity index (χ4v) is 3.46. The van der Waals surface area contributed by atoms with Crippen molar-refractivity contribution in [3.05, 3.63) is 89.5 Å². The highest BCUT2D eigenvalue weighted by molar-refractivity contribution is 6.09. The third kappa shape index (κ3) is 3.36. The van der Waals surface area contributed by atoms with Gasteiger partial charge in [-0.25, -0.2) is 4.39 Å². The van der Waals surface area contributed by atoms with Gasteiger partial charge in [0.2, 0.25) is 0 Å². The Morgan fingerprint density at radius 2 is 1.93 bits per heavy atom. The molecule has 5 nitrogen and oxygen atoms in total. The number of aromatic nitrogens is 1. The number of para-hydroxylation sites is 1. The standard InChI is InChI=1S/C22H18FN3O2/c1-14-11-15-5-2-3-8-20(15)26(14)22(28)19-12-16(9-10-24-19)21(27)25-18-7-4-6-17(23)13-18/h2-10,12-14H,11H2,1H3,(H,25,27). The molecule has 2 amide bonds. The molecular weight excluding hydrogens is 357 g/mol. The number of hydrogen-bond acceptors (Lipinski definition) is 3. The van der Waals surface area contributed by atoms with Crippen LogP contribution in [0.15, 0.2) is 66.9 Å². The first kappa shape index (κ1) is 17.9. The number of carbonyl (C=O) groups excluding carboxylic acids is 2. The van der Waals surface area contributed by atoms with Crippen molar-refractivity contribution in [1.29, 1.82) is 0 Å². The minimum absolute atomic E-state index is 0.0106. The molecule has 28 heavy (non-hydrogen) atoms. The van der Waals surface area contributed by atoms with E-state index in [2.05, 4.69) is 10.3 Å². The van der Waals surface area contributed by atoms with Crippen molar-refractivity contribution >= 4 is 23.2 Å². The fraction of sp³-hybridized carbons (Fsp3) is 0.136. The van der Waals surface area contributed by atoms with E-state index in [1.165, 1.54) is 36.5 Å². The molecule has 2 heterocycles. The van der Waals surface area contributed by atoms with E-state index in [1.807, 2.05) is 31.2 Å². The molecule has 0 bridgehead atoms. The highest BCUT2D eigenvalue weighted by atomic mass is 19.1. The van der Waals surface area contributed by atoms with Crippen LogP contribution in [0.1, 0.15) is 33.3 Å². The van der Waals surface area contributed by atoms with Gasteiger partial charge in [-0.2, -0.15) is 0 Å². The maximum Gasteiger partial charge on any atom is 0.277 e. The van der Waals surface area contributed by atoms with Crippen LogP contribution < -0.4 is 10.2 Å². The monoisotopic (exact) mass is 375 g/mol. The van der Waals surface area contributed by atoms with Crippen LogP contribution in [0.5, 0.6) is 0 Å². The zero-order valence-electron chi connectivity index (χ0n) is 15.2. The predicted molar refractivity (Wildman–Crippen MR) is 105 cm³/mol. The number of amides is 2. The summed E-state index contributed by atoms with van der Waals surface area (Å²) in [5.74, 6) is -1.13. The van der Waals surface area contributed by atoms with Gasteiger partial charge in [0, 0.05) is 29.2 Å². The molecule has 1 aliphatic heterocycles. The number of halogens is 1. The third-order valence-corrected chi connectivity index (χ3v) is 4.75. The number of nitrogens with one attached hydrogen (secondary N) is 1. The van der Waals surface area contributed by atoms with Crippen molar-refractivity contribution in [3.63, 3.8) is 0 Å². The zero-order chi connectivity index (χ0) is 19.7. The first-order valence-electron chi connectivity index (χ1n) is 8.97. The molecule has 4 rings (SSSR count). The first-order valence-corrected chi connectivity index (χ1v) is 8.97. The van der Waals surface area contributed by atoms with E-state index in [9.17, 15) is 14.0 Å². The summed E-state index contributed by atoms with van der Waals surface area (Å²) < 4.78 is 13.3. The van der Waals surface area contributed by atoms with Crippen molar-refractivity contribution in [2.45, 2.75) is 19.4 Å². The summed E-state index contributed by atoms with van der Waals surface area (Å²) in [4.78, 5) is 31.5. The highest BCUT2D eigenvalue weighted by Gasteiger charge is 2.32. The van der Waals surface area contributed by atoms with Crippen LogP contribution in [0.2, 0.25) is 0 Å². The Hall–Kier alpha value is -3.54. The molecule has 6 heteroatoms. The van der Waals surface area contributed by atoms with E-state index in [0.29, 0.717) is 5.69 Å². The van der Waals surface area contributed by atoms with Crippen molar-refractivity contribution < 1.29 is 14.0 Å². The lowest BCUT2D eigenvalue weighted by molar-refractivity contribution is 0.0976. The Morgan fingerprint density at radius 3 is 2.75 bits per heavy atom. The average Bonchev–Trinajstić information content (AvgIpc) is 3.03. The van der Waals surface area contributed by atoms with Crippen LogP contribution >= 0.6 is 0 Å². The molecule has 3 aromatic rings. The summed E-state index contributed by atoms with van der Waals surface area (Å²) in [7, 11) is 0. The van der Waals surface area contributed by atoms with Crippen LogP contribution in [-0.4, -0.2) is 22.8 Å². The number of benzene rings is 2. The van der Waals surface area contributed by atoms with Crippen molar-refractivity contribution in [1.82, 2.24) is 4.98 Å². The summed E-state index contributed by atoms with van der Waals surface area (Å²) in [5.41, 5.74) is 2.80. The molecule has 2 aromatic carbocycles. The van der Waals surface area contributed by atoms with Crippen molar-refractivity contribution in [2.24, 2.45) is 0 Å². The van der Waals surface area contributed by atoms with Gasteiger partial charge in [-0.15, -0.1) is 0 Å².